The molecule has 128 valence electrons. The summed E-state index contributed by atoms with van der Waals surface area (Å²) in [5.41, 5.74) is -0.153. The number of nitrogens with zero attached hydrogens (tertiary/aromatic N) is 2. The summed E-state index contributed by atoms with van der Waals surface area (Å²) in [5.74, 6) is 0.186. The van der Waals surface area contributed by atoms with E-state index in [0.717, 1.165) is 0 Å². The van der Waals surface area contributed by atoms with Crippen LogP contribution in [0.1, 0.15) is 60.8 Å². The zero-order chi connectivity index (χ0) is 17.2. The number of nitrogens with one attached hydrogen (secondary N) is 1. The van der Waals surface area contributed by atoms with Crippen LogP contribution in [0.4, 0.5) is 0 Å². The second-order valence-electron chi connectivity index (χ2n) is 6.57. The Morgan fingerprint density at radius 1 is 1.48 bits per heavy atom. The third-order valence-corrected chi connectivity index (χ3v) is 4.24. The molecule has 1 aliphatic rings. The number of rotatable bonds is 4. The highest BCUT2D eigenvalue weighted by Gasteiger charge is 2.38. The standard InChI is InChI=1S/C16H25N3O4/c1-10(2)14-13(11(3)18-23-14)15(21)19-7-5-6-16(22,9-19)8-12(20)17-4/h10,22H,5-9H2,1-4H3,(H,17,20). The molecule has 1 aromatic heterocycles. The predicted molar refractivity (Wildman–Crippen MR) is 84.1 cm³/mol. The number of aromatic nitrogens is 1. The second-order valence-corrected chi connectivity index (χ2v) is 6.57. The van der Waals surface area contributed by atoms with Gasteiger partial charge in [0.15, 0.2) is 5.76 Å². The topological polar surface area (TPSA) is 95.7 Å². The molecule has 7 nitrogen and oxygen atoms in total. The lowest BCUT2D eigenvalue weighted by Gasteiger charge is -2.38. The molecular formula is C16H25N3O4. The van der Waals surface area contributed by atoms with Crippen molar-refractivity contribution in [3.63, 3.8) is 0 Å². The molecule has 0 saturated carbocycles. The van der Waals surface area contributed by atoms with Crippen molar-refractivity contribution in [3.05, 3.63) is 17.0 Å². The number of piperidine rings is 1. The van der Waals surface area contributed by atoms with Crippen molar-refractivity contribution >= 4 is 11.8 Å². The molecular weight excluding hydrogens is 298 g/mol. The number of carbonyl (C=O) groups excluding carboxylic acids is 2. The summed E-state index contributed by atoms with van der Waals surface area (Å²) < 4.78 is 5.28. The first-order valence-corrected chi connectivity index (χ1v) is 7.96. The van der Waals surface area contributed by atoms with Gasteiger partial charge in [0.2, 0.25) is 5.91 Å². The molecule has 0 radical (unpaired) electrons. The molecule has 1 aliphatic heterocycles. The smallest absolute Gasteiger partial charge is 0.259 e. The summed E-state index contributed by atoms with van der Waals surface area (Å²) in [5, 5.41) is 17.1. The van der Waals surface area contributed by atoms with Gasteiger partial charge in [0.25, 0.3) is 5.91 Å². The molecule has 2 N–H and O–H groups in total. The fraction of sp³-hybridized carbons (Fsp3) is 0.688. The zero-order valence-corrected chi connectivity index (χ0v) is 14.2. The van der Waals surface area contributed by atoms with Gasteiger partial charge in [0.1, 0.15) is 5.56 Å². The number of hydrogen-bond donors (Lipinski definition) is 2. The monoisotopic (exact) mass is 323 g/mol. The van der Waals surface area contributed by atoms with Gasteiger partial charge < -0.3 is 19.8 Å². The van der Waals surface area contributed by atoms with Crippen molar-refractivity contribution in [2.24, 2.45) is 0 Å². The normalized spacial score (nSPS) is 21.6. The van der Waals surface area contributed by atoms with Crippen LogP contribution in [0.25, 0.3) is 0 Å². The molecule has 0 aromatic carbocycles. The summed E-state index contributed by atoms with van der Waals surface area (Å²) in [6.45, 7) is 6.31. The summed E-state index contributed by atoms with van der Waals surface area (Å²) >= 11 is 0. The van der Waals surface area contributed by atoms with Crippen LogP contribution in [-0.2, 0) is 4.79 Å². The van der Waals surface area contributed by atoms with E-state index in [-0.39, 0.29) is 30.7 Å². The molecule has 1 aromatic rings. The first kappa shape index (κ1) is 17.5. The average molecular weight is 323 g/mol. The van der Waals surface area contributed by atoms with Gasteiger partial charge in [-0.3, -0.25) is 9.59 Å². The van der Waals surface area contributed by atoms with Crippen LogP contribution in [0.5, 0.6) is 0 Å². The van der Waals surface area contributed by atoms with Gasteiger partial charge in [0, 0.05) is 19.5 Å². The van der Waals surface area contributed by atoms with E-state index >= 15 is 0 Å². The fourth-order valence-corrected chi connectivity index (χ4v) is 3.02. The summed E-state index contributed by atoms with van der Waals surface area (Å²) in [6, 6.07) is 0. The number of likely N-dealkylation sites (tertiary alicyclic amines) is 1. The van der Waals surface area contributed by atoms with Crippen molar-refractivity contribution < 1.29 is 19.2 Å². The SMILES string of the molecule is CNC(=O)CC1(O)CCCN(C(=O)c2c(C)noc2C(C)C)C1. The van der Waals surface area contributed by atoms with Crippen LogP contribution in [0.2, 0.25) is 0 Å². The number of aryl methyl sites for hydroxylation is 1. The minimum absolute atomic E-state index is 0.00701. The van der Waals surface area contributed by atoms with Gasteiger partial charge >= 0.3 is 0 Å². The van der Waals surface area contributed by atoms with Crippen molar-refractivity contribution in [1.29, 1.82) is 0 Å². The molecule has 2 amide bonds. The Balaban J connectivity index is 2.20. The predicted octanol–water partition coefficient (Wildman–Crippen LogP) is 1.21. The lowest BCUT2D eigenvalue weighted by atomic mass is 9.88. The molecule has 0 spiro atoms. The van der Waals surface area contributed by atoms with E-state index in [4.69, 9.17) is 4.52 Å². The van der Waals surface area contributed by atoms with Crippen LogP contribution < -0.4 is 5.32 Å². The molecule has 0 bridgehead atoms. The molecule has 23 heavy (non-hydrogen) atoms. The molecule has 1 saturated heterocycles. The number of hydrogen-bond acceptors (Lipinski definition) is 5. The summed E-state index contributed by atoms with van der Waals surface area (Å²) in [6.07, 6.45) is 1.15. The van der Waals surface area contributed by atoms with E-state index in [1.165, 1.54) is 7.05 Å². The fourth-order valence-electron chi connectivity index (χ4n) is 3.02. The van der Waals surface area contributed by atoms with Gasteiger partial charge in [0.05, 0.1) is 24.3 Å². The first-order valence-electron chi connectivity index (χ1n) is 7.96. The Kier molecular flexibility index (Phi) is 5.09. The lowest BCUT2D eigenvalue weighted by Crippen LogP contribution is -2.52. The Labute approximate surface area is 136 Å². The quantitative estimate of drug-likeness (QED) is 0.868. The van der Waals surface area contributed by atoms with E-state index in [2.05, 4.69) is 10.5 Å². The van der Waals surface area contributed by atoms with Crippen molar-refractivity contribution in [2.75, 3.05) is 20.1 Å². The van der Waals surface area contributed by atoms with Crippen molar-refractivity contribution in [3.8, 4) is 0 Å². The Hall–Kier alpha value is -1.89. The van der Waals surface area contributed by atoms with Gasteiger partial charge in [-0.25, -0.2) is 0 Å². The molecule has 7 heteroatoms. The maximum Gasteiger partial charge on any atom is 0.259 e. The minimum atomic E-state index is -1.18. The highest BCUT2D eigenvalue weighted by molar-refractivity contribution is 5.96. The van der Waals surface area contributed by atoms with Crippen LogP contribution in [0, 0.1) is 6.92 Å². The first-order chi connectivity index (χ1) is 10.8. The van der Waals surface area contributed by atoms with Crippen LogP contribution in [0.3, 0.4) is 0 Å². The van der Waals surface area contributed by atoms with Crippen molar-refractivity contribution in [2.45, 2.75) is 51.6 Å². The minimum Gasteiger partial charge on any atom is -0.388 e. The lowest BCUT2D eigenvalue weighted by molar-refractivity contribution is -0.127. The highest BCUT2D eigenvalue weighted by atomic mass is 16.5. The summed E-state index contributed by atoms with van der Waals surface area (Å²) in [4.78, 5) is 26.0. The van der Waals surface area contributed by atoms with E-state index in [0.29, 0.717) is 36.4 Å². The number of β-amino-alcohol motifs (C(OH)–C–C–N with tert-alkyl or cyclic N) is 1. The molecule has 2 rings (SSSR count). The second kappa shape index (κ2) is 6.70. The third-order valence-electron chi connectivity index (χ3n) is 4.24. The highest BCUT2D eigenvalue weighted by Crippen LogP contribution is 2.29. The molecule has 0 aliphatic carbocycles. The largest absolute Gasteiger partial charge is 0.388 e. The number of carbonyl (C=O) groups is 2. The molecule has 2 heterocycles. The van der Waals surface area contributed by atoms with Gasteiger partial charge in [-0.2, -0.15) is 0 Å². The Morgan fingerprint density at radius 3 is 2.78 bits per heavy atom. The Morgan fingerprint density at radius 2 is 2.17 bits per heavy atom. The van der Waals surface area contributed by atoms with E-state index in [1.54, 1.807) is 11.8 Å². The van der Waals surface area contributed by atoms with Crippen LogP contribution >= 0.6 is 0 Å². The number of aliphatic hydroxyl groups is 1. The van der Waals surface area contributed by atoms with E-state index in [1.807, 2.05) is 13.8 Å². The Bertz CT molecular complexity index is 596. The zero-order valence-electron chi connectivity index (χ0n) is 14.2. The van der Waals surface area contributed by atoms with Crippen LogP contribution in [-0.4, -0.2) is 52.7 Å². The van der Waals surface area contributed by atoms with Gasteiger partial charge in [-0.15, -0.1) is 0 Å². The average Bonchev–Trinajstić information content (AvgIpc) is 2.87. The third kappa shape index (κ3) is 3.72. The summed E-state index contributed by atoms with van der Waals surface area (Å²) in [7, 11) is 1.53. The van der Waals surface area contributed by atoms with Gasteiger partial charge in [-0.05, 0) is 19.8 Å². The van der Waals surface area contributed by atoms with Crippen LogP contribution in [0.15, 0.2) is 4.52 Å². The number of amides is 2. The maximum absolute atomic E-state index is 12.9. The van der Waals surface area contributed by atoms with Gasteiger partial charge in [-0.1, -0.05) is 19.0 Å². The molecule has 1 fully saturated rings. The molecule has 1 unspecified atom stereocenters. The molecule has 1 atom stereocenters. The van der Waals surface area contributed by atoms with E-state index in [9.17, 15) is 14.7 Å². The van der Waals surface area contributed by atoms with Crippen molar-refractivity contribution in [1.82, 2.24) is 15.4 Å². The van der Waals surface area contributed by atoms with E-state index < -0.39 is 5.60 Å². The maximum atomic E-state index is 12.9.